The fraction of sp³-hybridized carbons (Fsp3) is 0.286. The predicted octanol–water partition coefficient (Wildman–Crippen LogP) is 2.26. The van der Waals surface area contributed by atoms with Gasteiger partial charge in [0.15, 0.2) is 0 Å². The fourth-order valence-electron chi connectivity index (χ4n) is 2.34. The summed E-state index contributed by atoms with van der Waals surface area (Å²) in [5.41, 5.74) is 1.36. The van der Waals surface area contributed by atoms with Crippen LogP contribution in [0.3, 0.4) is 0 Å². The number of aromatic nitrogens is 2. The molecule has 0 aliphatic heterocycles. The molecule has 5 heteroatoms. The Labute approximate surface area is 109 Å². The third-order valence-electron chi connectivity index (χ3n) is 3.53. The summed E-state index contributed by atoms with van der Waals surface area (Å²) in [6, 6.07) is 5.00. The van der Waals surface area contributed by atoms with Gasteiger partial charge in [0.1, 0.15) is 5.82 Å². The van der Waals surface area contributed by atoms with Gasteiger partial charge in [0.05, 0.1) is 18.8 Å². The van der Waals surface area contributed by atoms with E-state index in [2.05, 4.69) is 4.98 Å². The van der Waals surface area contributed by atoms with Gasteiger partial charge in [-0.3, -0.25) is 4.79 Å². The second-order valence-electron chi connectivity index (χ2n) is 4.87. The molecule has 0 bridgehead atoms. The normalized spacial score (nSPS) is 21.3. The van der Waals surface area contributed by atoms with Gasteiger partial charge in [-0.15, -0.1) is 0 Å². The zero-order chi connectivity index (χ0) is 13.4. The number of benzene rings is 1. The lowest BCUT2D eigenvalue weighted by molar-refractivity contribution is -0.138. The first-order valence-electron chi connectivity index (χ1n) is 6.12. The van der Waals surface area contributed by atoms with Crippen LogP contribution in [0.5, 0.6) is 0 Å². The standard InChI is InChI=1S/C14H13FN2O2/c15-13-5-9(11-6-12(11)14(18)19)1-2-10(13)7-17-4-3-16-8-17/h1-5,8,11-12H,6-7H2,(H,18,19). The molecule has 1 fully saturated rings. The van der Waals surface area contributed by atoms with Gasteiger partial charge in [0, 0.05) is 18.0 Å². The minimum atomic E-state index is -0.798. The molecular weight excluding hydrogens is 247 g/mol. The lowest BCUT2D eigenvalue weighted by Gasteiger charge is -2.06. The maximum atomic E-state index is 14.0. The number of hydrogen-bond donors (Lipinski definition) is 1. The quantitative estimate of drug-likeness (QED) is 0.917. The van der Waals surface area contributed by atoms with Crippen LogP contribution in [0.1, 0.15) is 23.5 Å². The zero-order valence-electron chi connectivity index (χ0n) is 10.2. The van der Waals surface area contributed by atoms with E-state index in [1.54, 1.807) is 29.4 Å². The number of aliphatic carboxylic acids is 1. The zero-order valence-corrected chi connectivity index (χ0v) is 10.2. The lowest BCUT2D eigenvalue weighted by Crippen LogP contribution is -2.02. The average molecular weight is 260 g/mol. The van der Waals surface area contributed by atoms with Crippen LogP contribution in [-0.2, 0) is 11.3 Å². The van der Waals surface area contributed by atoms with Crippen molar-refractivity contribution in [3.63, 3.8) is 0 Å². The number of carbonyl (C=O) groups is 1. The Morgan fingerprint density at radius 3 is 2.95 bits per heavy atom. The molecule has 0 amide bonds. The third-order valence-corrected chi connectivity index (χ3v) is 3.53. The second-order valence-corrected chi connectivity index (χ2v) is 4.87. The summed E-state index contributed by atoms with van der Waals surface area (Å²) >= 11 is 0. The Hall–Kier alpha value is -2.17. The SMILES string of the molecule is O=C(O)C1CC1c1ccc(Cn2ccnc2)c(F)c1. The molecule has 1 saturated carbocycles. The molecular formula is C14H13FN2O2. The third kappa shape index (κ3) is 2.36. The van der Waals surface area contributed by atoms with Crippen LogP contribution >= 0.6 is 0 Å². The van der Waals surface area contributed by atoms with Crippen LogP contribution in [0.4, 0.5) is 4.39 Å². The topological polar surface area (TPSA) is 55.1 Å². The Morgan fingerprint density at radius 1 is 1.53 bits per heavy atom. The second kappa shape index (κ2) is 4.50. The Balaban J connectivity index is 1.77. The molecule has 2 atom stereocenters. The number of halogens is 1. The molecule has 2 aromatic rings. The van der Waals surface area contributed by atoms with Crippen molar-refractivity contribution in [1.82, 2.24) is 9.55 Å². The van der Waals surface area contributed by atoms with E-state index in [1.807, 2.05) is 6.07 Å². The highest BCUT2D eigenvalue weighted by atomic mass is 19.1. The smallest absolute Gasteiger partial charge is 0.307 e. The van der Waals surface area contributed by atoms with Gasteiger partial charge in [0.25, 0.3) is 0 Å². The van der Waals surface area contributed by atoms with E-state index in [-0.39, 0.29) is 17.7 Å². The molecule has 19 heavy (non-hydrogen) atoms. The maximum absolute atomic E-state index is 14.0. The van der Waals surface area contributed by atoms with Crippen molar-refractivity contribution in [2.75, 3.05) is 0 Å². The molecule has 1 aliphatic rings. The number of carboxylic acid groups (broad SMARTS) is 1. The van der Waals surface area contributed by atoms with Gasteiger partial charge in [0.2, 0.25) is 0 Å². The van der Waals surface area contributed by atoms with Crippen molar-refractivity contribution in [2.45, 2.75) is 18.9 Å². The minimum absolute atomic E-state index is 0.0331. The highest BCUT2D eigenvalue weighted by Gasteiger charge is 2.44. The molecule has 3 rings (SSSR count). The molecule has 0 spiro atoms. The van der Waals surface area contributed by atoms with Crippen LogP contribution in [0.15, 0.2) is 36.9 Å². The molecule has 98 valence electrons. The summed E-state index contributed by atoms with van der Waals surface area (Å²) in [7, 11) is 0. The van der Waals surface area contributed by atoms with Gasteiger partial charge in [-0.05, 0) is 24.0 Å². The molecule has 0 radical (unpaired) electrons. The van der Waals surface area contributed by atoms with Gasteiger partial charge in [-0.2, -0.15) is 0 Å². The van der Waals surface area contributed by atoms with Crippen LogP contribution < -0.4 is 0 Å². The number of hydrogen-bond acceptors (Lipinski definition) is 2. The summed E-state index contributed by atoms with van der Waals surface area (Å²) in [6.07, 6.45) is 5.66. The van der Waals surface area contributed by atoms with Crippen molar-refractivity contribution in [2.24, 2.45) is 5.92 Å². The number of carboxylic acids is 1. The van der Waals surface area contributed by atoms with E-state index in [1.165, 1.54) is 6.07 Å². The van der Waals surface area contributed by atoms with Crippen molar-refractivity contribution in [1.29, 1.82) is 0 Å². The first kappa shape index (κ1) is 11.9. The number of nitrogens with zero attached hydrogens (tertiary/aromatic N) is 2. The monoisotopic (exact) mass is 260 g/mol. The van der Waals surface area contributed by atoms with Crippen LogP contribution in [0.25, 0.3) is 0 Å². The number of imidazole rings is 1. The van der Waals surface area contributed by atoms with Gasteiger partial charge < -0.3 is 9.67 Å². The van der Waals surface area contributed by atoms with Crippen molar-refractivity contribution < 1.29 is 14.3 Å². The summed E-state index contributed by atoms with van der Waals surface area (Å²) < 4.78 is 15.8. The van der Waals surface area contributed by atoms with E-state index in [9.17, 15) is 9.18 Å². The molecule has 1 N–H and O–H groups in total. The first-order valence-corrected chi connectivity index (χ1v) is 6.12. The van der Waals surface area contributed by atoms with Crippen molar-refractivity contribution in [3.05, 3.63) is 53.9 Å². The Kier molecular flexibility index (Phi) is 2.81. The predicted molar refractivity (Wildman–Crippen MR) is 66.2 cm³/mol. The highest BCUT2D eigenvalue weighted by molar-refractivity contribution is 5.75. The number of rotatable bonds is 4. The average Bonchev–Trinajstić information content (AvgIpc) is 3.03. The summed E-state index contributed by atoms with van der Waals surface area (Å²) in [4.78, 5) is 14.7. The fourth-order valence-corrected chi connectivity index (χ4v) is 2.34. The van der Waals surface area contributed by atoms with Crippen LogP contribution in [-0.4, -0.2) is 20.6 Å². The van der Waals surface area contributed by atoms with Gasteiger partial charge in [-0.25, -0.2) is 9.37 Å². The van der Waals surface area contributed by atoms with E-state index in [4.69, 9.17) is 5.11 Å². The Morgan fingerprint density at radius 2 is 2.37 bits per heavy atom. The molecule has 4 nitrogen and oxygen atoms in total. The molecule has 1 aliphatic carbocycles. The molecule has 0 saturated heterocycles. The van der Waals surface area contributed by atoms with Crippen molar-refractivity contribution in [3.8, 4) is 0 Å². The molecule has 1 aromatic heterocycles. The van der Waals surface area contributed by atoms with Crippen LogP contribution in [0.2, 0.25) is 0 Å². The maximum Gasteiger partial charge on any atom is 0.307 e. The first-order chi connectivity index (χ1) is 9.15. The molecule has 1 heterocycles. The van der Waals surface area contributed by atoms with Crippen LogP contribution in [0, 0.1) is 11.7 Å². The Bertz CT molecular complexity index is 610. The molecule has 2 unspecified atom stereocenters. The summed E-state index contributed by atoms with van der Waals surface area (Å²) in [5, 5.41) is 8.88. The lowest BCUT2D eigenvalue weighted by atomic mass is 10.1. The van der Waals surface area contributed by atoms with E-state index in [0.717, 1.165) is 5.56 Å². The van der Waals surface area contributed by atoms with E-state index >= 15 is 0 Å². The summed E-state index contributed by atoms with van der Waals surface area (Å²) in [6.45, 7) is 0.430. The van der Waals surface area contributed by atoms with Gasteiger partial charge in [-0.1, -0.05) is 12.1 Å². The van der Waals surface area contributed by atoms with E-state index in [0.29, 0.717) is 18.5 Å². The summed E-state index contributed by atoms with van der Waals surface area (Å²) in [5.74, 6) is -1.47. The van der Waals surface area contributed by atoms with E-state index < -0.39 is 5.97 Å². The minimum Gasteiger partial charge on any atom is -0.481 e. The molecule has 1 aromatic carbocycles. The highest BCUT2D eigenvalue weighted by Crippen LogP contribution is 2.47. The van der Waals surface area contributed by atoms with Gasteiger partial charge >= 0.3 is 5.97 Å². The van der Waals surface area contributed by atoms with Crippen molar-refractivity contribution >= 4 is 5.97 Å². The largest absolute Gasteiger partial charge is 0.481 e.